The minimum atomic E-state index is -4.66. The number of aromatic nitrogens is 1. The lowest BCUT2D eigenvalue weighted by Gasteiger charge is -2.38. The molecule has 0 aliphatic heterocycles. The van der Waals surface area contributed by atoms with Crippen LogP contribution < -0.4 is 11.1 Å². The average Bonchev–Trinajstić information content (AvgIpc) is 2.86. The number of nitrogens with zero attached hydrogens (tertiary/aromatic N) is 1. The summed E-state index contributed by atoms with van der Waals surface area (Å²) in [4.78, 5) is 17.7. The summed E-state index contributed by atoms with van der Waals surface area (Å²) < 4.78 is 40.0. The number of anilines is 2. The summed E-state index contributed by atoms with van der Waals surface area (Å²) >= 11 is 0. The molecule has 4 N–H and O–H groups in total. The highest BCUT2D eigenvalue weighted by atomic mass is 19.4. The van der Waals surface area contributed by atoms with Crippen molar-refractivity contribution in [2.75, 3.05) is 11.1 Å². The highest BCUT2D eigenvalue weighted by molar-refractivity contribution is 5.98. The summed E-state index contributed by atoms with van der Waals surface area (Å²) in [6.07, 6.45) is 2.85. The smallest absolute Gasteiger partial charge is 0.398 e. The fourth-order valence-corrected chi connectivity index (χ4v) is 4.88. The first kappa shape index (κ1) is 24.7. The van der Waals surface area contributed by atoms with Gasteiger partial charge in [0.25, 0.3) is 5.91 Å². The van der Waals surface area contributed by atoms with Gasteiger partial charge in [0.05, 0.1) is 5.56 Å². The van der Waals surface area contributed by atoms with Crippen LogP contribution in [-0.4, -0.2) is 21.6 Å². The Labute approximate surface area is 202 Å². The first-order valence-corrected chi connectivity index (χ1v) is 11.7. The number of hydrogen-bond donors (Lipinski definition) is 3. The molecule has 1 saturated carbocycles. The fourth-order valence-electron chi connectivity index (χ4n) is 4.88. The second kappa shape index (κ2) is 10.1. The number of nitrogen functional groups attached to an aromatic ring is 1. The number of hydrogen-bond acceptors (Lipinski definition) is 4. The van der Waals surface area contributed by atoms with Crippen LogP contribution in [0.5, 0.6) is 0 Å². The van der Waals surface area contributed by atoms with Gasteiger partial charge in [0.1, 0.15) is 5.60 Å². The van der Waals surface area contributed by atoms with Crippen LogP contribution in [-0.2, 0) is 17.4 Å². The van der Waals surface area contributed by atoms with E-state index in [1.807, 2.05) is 36.4 Å². The average molecular weight is 484 g/mol. The summed E-state index contributed by atoms with van der Waals surface area (Å²) in [5, 5.41) is 14.4. The normalized spacial score (nSPS) is 16.5. The van der Waals surface area contributed by atoms with Gasteiger partial charge in [-0.15, -0.1) is 0 Å². The molecule has 1 aromatic heterocycles. The SMILES string of the molecule is Nc1ccc(NC(=O)C(O)(Cc2ccccc2-c2cccnc2)C2CCCCC2)cc1C(F)(F)F. The largest absolute Gasteiger partial charge is 0.418 e. The highest BCUT2D eigenvalue weighted by Crippen LogP contribution is 2.39. The number of carbonyl (C=O) groups excluding carboxylic acids is 1. The monoisotopic (exact) mass is 483 g/mol. The molecule has 4 rings (SSSR count). The first-order valence-electron chi connectivity index (χ1n) is 11.7. The number of halogens is 3. The van der Waals surface area contributed by atoms with Gasteiger partial charge < -0.3 is 16.2 Å². The van der Waals surface area contributed by atoms with E-state index < -0.39 is 28.9 Å². The molecule has 5 nitrogen and oxygen atoms in total. The number of carbonyl (C=O) groups is 1. The van der Waals surface area contributed by atoms with Crippen molar-refractivity contribution in [3.05, 3.63) is 78.1 Å². The lowest BCUT2D eigenvalue weighted by molar-refractivity contribution is -0.141. The minimum absolute atomic E-state index is 0.0235. The van der Waals surface area contributed by atoms with E-state index in [2.05, 4.69) is 10.3 Å². The maximum absolute atomic E-state index is 13.5. The number of rotatable bonds is 6. The molecule has 1 aliphatic rings. The number of pyridine rings is 1. The van der Waals surface area contributed by atoms with Gasteiger partial charge in [-0.05, 0) is 54.2 Å². The Morgan fingerprint density at radius 2 is 1.80 bits per heavy atom. The van der Waals surface area contributed by atoms with Crippen molar-refractivity contribution < 1.29 is 23.1 Å². The number of nitrogens with two attached hydrogens (primary N) is 1. The van der Waals surface area contributed by atoms with Gasteiger partial charge in [-0.2, -0.15) is 13.2 Å². The van der Waals surface area contributed by atoms with Crippen LogP contribution >= 0.6 is 0 Å². The zero-order valence-corrected chi connectivity index (χ0v) is 19.2. The molecule has 8 heteroatoms. The van der Waals surface area contributed by atoms with Gasteiger partial charge in [-0.25, -0.2) is 0 Å². The molecule has 1 heterocycles. The van der Waals surface area contributed by atoms with E-state index in [4.69, 9.17) is 5.73 Å². The predicted octanol–water partition coefficient (Wildman–Crippen LogP) is 5.84. The Morgan fingerprint density at radius 1 is 1.06 bits per heavy atom. The van der Waals surface area contributed by atoms with Gasteiger partial charge in [0.15, 0.2) is 0 Å². The van der Waals surface area contributed by atoms with Crippen LogP contribution in [0.25, 0.3) is 11.1 Å². The maximum atomic E-state index is 13.5. The van der Waals surface area contributed by atoms with E-state index in [0.29, 0.717) is 12.8 Å². The highest BCUT2D eigenvalue weighted by Gasteiger charge is 2.45. The van der Waals surface area contributed by atoms with Gasteiger partial charge >= 0.3 is 6.18 Å². The molecule has 1 unspecified atom stereocenters. The Morgan fingerprint density at radius 3 is 2.49 bits per heavy atom. The van der Waals surface area contributed by atoms with Crippen molar-refractivity contribution in [1.82, 2.24) is 4.98 Å². The van der Waals surface area contributed by atoms with E-state index in [0.717, 1.165) is 48.1 Å². The standard InChI is InChI=1S/C27H28F3N3O2/c28-27(29,30)23-15-21(12-13-24(23)31)33-25(34)26(35,20-9-2-1-3-10-20)16-18-7-4-5-11-22(18)19-8-6-14-32-17-19/h4-8,11-15,17,20,35H,1-3,9-10,16,31H2,(H,33,34). The minimum Gasteiger partial charge on any atom is -0.398 e. The third kappa shape index (κ3) is 5.48. The predicted molar refractivity (Wildman–Crippen MR) is 129 cm³/mol. The van der Waals surface area contributed by atoms with Crippen molar-refractivity contribution in [2.45, 2.75) is 50.3 Å². The molecule has 0 radical (unpaired) electrons. The molecule has 0 saturated heterocycles. The Bertz CT molecular complexity index is 1180. The van der Waals surface area contributed by atoms with Gasteiger partial charge in [-0.1, -0.05) is 49.6 Å². The molecular weight excluding hydrogens is 455 g/mol. The zero-order chi connectivity index (χ0) is 25.1. The lowest BCUT2D eigenvalue weighted by Crippen LogP contribution is -2.51. The molecule has 2 aromatic carbocycles. The molecule has 1 aliphatic carbocycles. The van der Waals surface area contributed by atoms with Crippen LogP contribution in [0, 0.1) is 5.92 Å². The summed E-state index contributed by atoms with van der Waals surface area (Å²) in [5.74, 6) is -1.04. The number of amides is 1. The molecule has 0 spiro atoms. The quantitative estimate of drug-likeness (QED) is 0.384. The van der Waals surface area contributed by atoms with Crippen molar-refractivity contribution >= 4 is 17.3 Å². The third-order valence-corrected chi connectivity index (χ3v) is 6.74. The van der Waals surface area contributed by atoms with Crippen molar-refractivity contribution in [3.8, 4) is 11.1 Å². The van der Waals surface area contributed by atoms with Gasteiger partial charge in [0.2, 0.25) is 0 Å². The second-order valence-corrected chi connectivity index (χ2v) is 9.09. The molecule has 1 atom stereocenters. The zero-order valence-electron chi connectivity index (χ0n) is 19.2. The van der Waals surface area contributed by atoms with E-state index in [1.54, 1.807) is 12.4 Å². The topological polar surface area (TPSA) is 88.2 Å². The number of alkyl halides is 3. The fraction of sp³-hybridized carbons (Fsp3) is 0.333. The molecule has 35 heavy (non-hydrogen) atoms. The molecule has 3 aromatic rings. The van der Waals surface area contributed by atoms with Crippen LogP contribution in [0.4, 0.5) is 24.5 Å². The lowest BCUT2D eigenvalue weighted by atomic mass is 9.72. The molecule has 184 valence electrons. The number of benzene rings is 2. The maximum Gasteiger partial charge on any atom is 0.418 e. The van der Waals surface area contributed by atoms with E-state index >= 15 is 0 Å². The van der Waals surface area contributed by atoms with Gasteiger partial charge in [-0.3, -0.25) is 9.78 Å². The summed E-state index contributed by atoms with van der Waals surface area (Å²) in [7, 11) is 0. The molecule has 1 fully saturated rings. The molecule has 0 bridgehead atoms. The van der Waals surface area contributed by atoms with Gasteiger partial charge in [0, 0.05) is 35.8 Å². The Hall–Kier alpha value is -3.39. The van der Waals surface area contributed by atoms with E-state index in [1.165, 1.54) is 6.07 Å². The third-order valence-electron chi connectivity index (χ3n) is 6.74. The second-order valence-electron chi connectivity index (χ2n) is 9.09. The van der Waals surface area contributed by atoms with Crippen molar-refractivity contribution in [1.29, 1.82) is 0 Å². The van der Waals surface area contributed by atoms with Crippen LogP contribution in [0.15, 0.2) is 67.0 Å². The van der Waals surface area contributed by atoms with Crippen LogP contribution in [0.3, 0.4) is 0 Å². The Kier molecular flexibility index (Phi) is 7.12. The van der Waals surface area contributed by atoms with Crippen LogP contribution in [0.2, 0.25) is 0 Å². The summed E-state index contributed by atoms with van der Waals surface area (Å²) in [6.45, 7) is 0. The van der Waals surface area contributed by atoms with E-state index in [9.17, 15) is 23.1 Å². The Balaban J connectivity index is 1.69. The van der Waals surface area contributed by atoms with Crippen molar-refractivity contribution in [3.63, 3.8) is 0 Å². The van der Waals surface area contributed by atoms with Crippen LogP contribution in [0.1, 0.15) is 43.2 Å². The summed E-state index contributed by atoms with van der Waals surface area (Å²) in [6, 6.07) is 14.4. The number of nitrogens with one attached hydrogen (secondary N) is 1. The molecular formula is C27H28F3N3O2. The van der Waals surface area contributed by atoms with Crippen molar-refractivity contribution in [2.24, 2.45) is 5.92 Å². The number of aliphatic hydroxyl groups is 1. The summed E-state index contributed by atoms with van der Waals surface area (Å²) in [5.41, 5.74) is 4.62. The van der Waals surface area contributed by atoms with E-state index in [-0.39, 0.29) is 18.0 Å². The first-order chi connectivity index (χ1) is 16.7. The molecule has 1 amide bonds.